The van der Waals surface area contributed by atoms with Gasteiger partial charge < -0.3 is 25.2 Å². The molecule has 2 rings (SSSR count). The molecule has 1 aliphatic heterocycles. The highest BCUT2D eigenvalue weighted by molar-refractivity contribution is 5.97. The van der Waals surface area contributed by atoms with Crippen molar-refractivity contribution in [1.29, 1.82) is 0 Å². The second-order valence-corrected chi connectivity index (χ2v) is 7.36. The molecule has 0 aromatic heterocycles. The number of rotatable bonds is 11. The number of anilines is 1. The van der Waals surface area contributed by atoms with Crippen LogP contribution in [0.2, 0.25) is 0 Å². The zero-order valence-corrected chi connectivity index (χ0v) is 17.4. The summed E-state index contributed by atoms with van der Waals surface area (Å²) in [5, 5.41) is 5.85. The van der Waals surface area contributed by atoms with E-state index in [2.05, 4.69) is 24.5 Å². The van der Waals surface area contributed by atoms with Crippen LogP contribution in [0.5, 0.6) is 5.75 Å². The van der Waals surface area contributed by atoms with Gasteiger partial charge in [-0.2, -0.15) is 0 Å². The third kappa shape index (κ3) is 6.71. The summed E-state index contributed by atoms with van der Waals surface area (Å²) >= 11 is 0. The van der Waals surface area contributed by atoms with Crippen LogP contribution in [0, 0.1) is 0 Å². The molecule has 1 atom stereocenters. The normalized spacial score (nSPS) is 16.5. The third-order valence-electron chi connectivity index (χ3n) is 5.03. The quantitative estimate of drug-likeness (QED) is 0.496. The first-order valence-electron chi connectivity index (χ1n) is 10.4. The molecule has 0 unspecified atom stereocenters. The van der Waals surface area contributed by atoms with Gasteiger partial charge in [0.1, 0.15) is 5.75 Å². The lowest BCUT2D eigenvalue weighted by Gasteiger charge is -2.19. The molecular weight excluding hydrogens is 356 g/mol. The molecule has 1 aromatic rings. The van der Waals surface area contributed by atoms with Crippen LogP contribution in [0.15, 0.2) is 24.3 Å². The number of hydrogen-bond donors (Lipinski definition) is 3. The van der Waals surface area contributed by atoms with E-state index < -0.39 is 0 Å². The van der Waals surface area contributed by atoms with E-state index in [1.807, 2.05) is 24.3 Å². The van der Waals surface area contributed by atoms with Crippen LogP contribution in [0.25, 0.3) is 0 Å². The zero-order chi connectivity index (χ0) is 20.4. The molecule has 28 heavy (non-hydrogen) atoms. The number of quaternary nitrogens is 1. The number of urea groups is 1. The SMILES string of the molecule is CCC[NH+](CCC)CCCNC(=O)N[C@H]1CC(=O)N(c2cccc(OC)c2)C1. The predicted molar refractivity (Wildman–Crippen MR) is 111 cm³/mol. The van der Waals surface area contributed by atoms with E-state index in [-0.39, 0.29) is 18.0 Å². The Hall–Kier alpha value is -2.28. The first-order chi connectivity index (χ1) is 13.6. The van der Waals surface area contributed by atoms with Gasteiger partial charge in [-0.05, 0) is 25.0 Å². The van der Waals surface area contributed by atoms with Gasteiger partial charge in [0.25, 0.3) is 0 Å². The smallest absolute Gasteiger partial charge is 0.315 e. The minimum atomic E-state index is -0.196. The lowest BCUT2D eigenvalue weighted by Crippen LogP contribution is -3.12. The molecular formula is C21H35N4O3+. The second kappa shape index (κ2) is 11.5. The Morgan fingerprint density at radius 2 is 2.00 bits per heavy atom. The molecule has 1 fully saturated rings. The third-order valence-corrected chi connectivity index (χ3v) is 5.03. The number of carbonyl (C=O) groups excluding carboxylic acids is 2. The number of nitrogens with zero attached hydrogens (tertiary/aromatic N) is 1. The molecule has 0 radical (unpaired) electrons. The van der Waals surface area contributed by atoms with E-state index in [1.54, 1.807) is 16.9 Å². The summed E-state index contributed by atoms with van der Waals surface area (Å²) in [6, 6.07) is 7.04. The second-order valence-electron chi connectivity index (χ2n) is 7.36. The highest BCUT2D eigenvalue weighted by Gasteiger charge is 2.31. The molecule has 0 bridgehead atoms. The van der Waals surface area contributed by atoms with Gasteiger partial charge in [-0.15, -0.1) is 0 Å². The van der Waals surface area contributed by atoms with Crippen molar-refractivity contribution in [3.63, 3.8) is 0 Å². The molecule has 3 N–H and O–H groups in total. The number of amides is 3. The van der Waals surface area contributed by atoms with E-state index in [0.29, 0.717) is 25.3 Å². The Bertz CT molecular complexity index is 632. The molecule has 1 aliphatic rings. The maximum Gasteiger partial charge on any atom is 0.315 e. The molecule has 1 aromatic carbocycles. The van der Waals surface area contributed by atoms with Crippen LogP contribution in [0.1, 0.15) is 39.5 Å². The van der Waals surface area contributed by atoms with Crippen LogP contribution >= 0.6 is 0 Å². The minimum absolute atomic E-state index is 0.0110. The Labute approximate surface area is 168 Å². The first kappa shape index (κ1) is 22.0. The number of methoxy groups -OCH3 is 1. The van der Waals surface area contributed by atoms with Gasteiger partial charge in [0.2, 0.25) is 5.91 Å². The van der Waals surface area contributed by atoms with Gasteiger partial charge in [0.15, 0.2) is 0 Å². The summed E-state index contributed by atoms with van der Waals surface area (Å²) in [7, 11) is 1.60. The Balaban J connectivity index is 1.73. The summed E-state index contributed by atoms with van der Waals surface area (Å²) in [5.74, 6) is 0.721. The Kier molecular flexibility index (Phi) is 9.07. The molecule has 0 spiro atoms. The molecule has 0 saturated carbocycles. The maximum atomic E-state index is 12.3. The van der Waals surface area contributed by atoms with E-state index >= 15 is 0 Å². The number of ether oxygens (including phenoxy) is 1. The Morgan fingerprint density at radius 1 is 1.25 bits per heavy atom. The van der Waals surface area contributed by atoms with E-state index in [9.17, 15) is 9.59 Å². The van der Waals surface area contributed by atoms with Gasteiger partial charge in [-0.25, -0.2) is 4.79 Å². The molecule has 156 valence electrons. The molecule has 7 heteroatoms. The van der Waals surface area contributed by atoms with Gasteiger partial charge in [0.05, 0.1) is 32.8 Å². The predicted octanol–water partition coefficient (Wildman–Crippen LogP) is 1.19. The fraction of sp³-hybridized carbons (Fsp3) is 0.619. The standard InChI is InChI=1S/C21H34N4O3/c1-4-11-24(12-5-2)13-7-10-22-21(27)23-17-14-20(26)25(16-17)18-8-6-9-19(15-18)28-3/h6,8-9,15,17H,4-5,7,10-14,16H2,1-3H3,(H2,22,23,27)/p+1/t17-/m0/s1. The van der Waals surface area contributed by atoms with Gasteiger partial charge in [-0.1, -0.05) is 19.9 Å². The topological polar surface area (TPSA) is 75.1 Å². The summed E-state index contributed by atoms with van der Waals surface area (Å²) in [6.07, 6.45) is 3.64. The van der Waals surface area contributed by atoms with Crippen LogP contribution in [0.3, 0.4) is 0 Å². The summed E-state index contributed by atoms with van der Waals surface area (Å²) in [4.78, 5) is 27.8. The number of nitrogens with one attached hydrogen (secondary N) is 3. The number of carbonyl (C=O) groups is 2. The van der Waals surface area contributed by atoms with E-state index in [4.69, 9.17) is 4.74 Å². The monoisotopic (exact) mass is 391 g/mol. The van der Waals surface area contributed by atoms with Crippen LogP contribution in [-0.4, -0.2) is 57.8 Å². The van der Waals surface area contributed by atoms with Gasteiger partial charge >= 0.3 is 6.03 Å². The van der Waals surface area contributed by atoms with Crippen LogP contribution < -0.4 is 25.2 Å². The minimum Gasteiger partial charge on any atom is -0.497 e. The fourth-order valence-electron chi connectivity index (χ4n) is 3.69. The van der Waals surface area contributed by atoms with E-state index in [0.717, 1.165) is 18.7 Å². The lowest BCUT2D eigenvalue weighted by molar-refractivity contribution is -0.900. The molecule has 1 saturated heterocycles. The van der Waals surface area contributed by atoms with Crippen LogP contribution in [-0.2, 0) is 4.79 Å². The van der Waals surface area contributed by atoms with Crippen molar-refractivity contribution in [3.8, 4) is 5.75 Å². The number of hydrogen-bond acceptors (Lipinski definition) is 3. The summed E-state index contributed by atoms with van der Waals surface area (Å²) in [6.45, 7) is 8.99. The average molecular weight is 392 g/mol. The zero-order valence-electron chi connectivity index (χ0n) is 17.4. The van der Waals surface area contributed by atoms with Crippen molar-refractivity contribution in [1.82, 2.24) is 10.6 Å². The van der Waals surface area contributed by atoms with Crippen molar-refractivity contribution in [2.24, 2.45) is 0 Å². The number of benzene rings is 1. The summed E-state index contributed by atoms with van der Waals surface area (Å²) in [5.41, 5.74) is 0.795. The highest BCUT2D eigenvalue weighted by atomic mass is 16.5. The van der Waals surface area contributed by atoms with Crippen molar-refractivity contribution in [3.05, 3.63) is 24.3 Å². The summed E-state index contributed by atoms with van der Waals surface area (Å²) < 4.78 is 5.22. The fourth-order valence-corrected chi connectivity index (χ4v) is 3.69. The van der Waals surface area contributed by atoms with Gasteiger partial charge in [-0.3, -0.25) is 4.79 Å². The van der Waals surface area contributed by atoms with Crippen molar-refractivity contribution in [2.75, 3.05) is 44.7 Å². The molecule has 0 aliphatic carbocycles. The first-order valence-corrected chi connectivity index (χ1v) is 10.4. The molecule has 3 amide bonds. The van der Waals surface area contributed by atoms with E-state index in [1.165, 1.54) is 25.9 Å². The molecule has 1 heterocycles. The lowest BCUT2D eigenvalue weighted by atomic mass is 10.2. The van der Waals surface area contributed by atoms with Crippen LogP contribution in [0.4, 0.5) is 10.5 Å². The highest BCUT2D eigenvalue weighted by Crippen LogP contribution is 2.25. The average Bonchev–Trinajstić information content (AvgIpc) is 3.05. The van der Waals surface area contributed by atoms with Crippen molar-refractivity contribution >= 4 is 17.6 Å². The van der Waals surface area contributed by atoms with Gasteiger partial charge in [0, 0.05) is 37.7 Å². The Morgan fingerprint density at radius 3 is 2.68 bits per heavy atom. The van der Waals surface area contributed by atoms with Crippen molar-refractivity contribution < 1.29 is 19.2 Å². The molecule has 7 nitrogen and oxygen atoms in total. The maximum absolute atomic E-state index is 12.3. The largest absolute Gasteiger partial charge is 0.497 e. The van der Waals surface area contributed by atoms with Crippen molar-refractivity contribution in [2.45, 2.75) is 45.6 Å².